The molecule has 0 saturated heterocycles. The first kappa shape index (κ1) is 12.4. The van der Waals surface area contributed by atoms with Gasteiger partial charge in [-0.2, -0.15) is 0 Å². The summed E-state index contributed by atoms with van der Waals surface area (Å²) in [5, 5.41) is 0.393. The Kier molecular flexibility index (Phi) is 3.53. The van der Waals surface area contributed by atoms with Crippen molar-refractivity contribution in [3.8, 4) is 22.8 Å². The Balaban J connectivity index is 2.63. The van der Waals surface area contributed by atoms with Crippen LogP contribution in [0.15, 0.2) is 24.5 Å². The molecule has 5 nitrogen and oxygen atoms in total. The van der Waals surface area contributed by atoms with Crippen LogP contribution in [-0.4, -0.2) is 24.2 Å². The van der Waals surface area contributed by atoms with Crippen molar-refractivity contribution in [1.82, 2.24) is 9.97 Å². The van der Waals surface area contributed by atoms with Gasteiger partial charge < -0.3 is 15.2 Å². The average molecular weight is 266 g/mol. The molecule has 0 aliphatic carbocycles. The van der Waals surface area contributed by atoms with Gasteiger partial charge >= 0.3 is 0 Å². The highest BCUT2D eigenvalue weighted by molar-refractivity contribution is 6.35. The van der Waals surface area contributed by atoms with Crippen molar-refractivity contribution >= 4 is 17.4 Å². The lowest BCUT2D eigenvalue weighted by Gasteiger charge is -2.12. The fraction of sp³-hybridized carbons (Fsp3) is 0.167. The zero-order chi connectivity index (χ0) is 13.1. The first-order valence-electron chi connectivity index (χ1n) is 5.16. The van der Waals surface area contributed by atoms with Crippen LogP contribution in [0.1, 0.15) is 0 Å². The lowest BCUT2D eigenvalue weighted by molar-refractivity contribution is 0.355. The van der Waals surface area contributed by atoms with Crippen molar-refractivity contribution in [3.63, 3.8) is 0 Å². The Morgan fingerprint density at radius 2 is 1.83 bits per heavy atom. The maximum Gasteiger partial charge on any atom is 0.180 e. The molecule has 1 aromatic carbocycles. The summed E-state index contributed by atoms with van der Waals surface area (Å²) in [6, 6.07) is 3.51. The van der Waals surface area contributed by atoms with E-state index in [9.17, 15) is 0 Å². The van der Waals surface area contributed by atoms with E-state index < -0.39 is 0 Å². The van der Waals surface area contributed by atoms with Crippen molar-refractivity contribution in [1.29, 1.82) is 0 Å². The highest BCUT2D eigenvalue weighted by atomic mass is 35.5. The van der Waals surface area contributed by atoms with Crippen molar-refractivity contribution in [2.75, 3.05) is 20.0 Å². The molecule has 6 heteroatoms. The number of nitrogens with zero attached hydrogens (tertiary/aromatic N) is 2. The van der Waals surface area contributed by atoms with E-state index >= 15 is 0 Å². The first-order valence-corrected chi connectivity index (χ1v) is 5.54. The Bertz CT molecular complexity index is 575. The van der Waals surface area contributed by atoms with E-state index in [0.717, 1.165) is 0 Å². The number of hydrogen-bond donors (Lipinski definition) is 1. The molecule has 0 atom stereocenters. The number of benzene rings is 1. The minimum atomic E-state index is 0.312. The number of rotatable bonds is 3. The van der Waals surface area contributed by atoms with Crippen molar-refractivity contribution in [2.45, 2.75) is 0 Å². The highest BCUT2D eigenvalue weighted by Gasteiger charge is 2.16. The van der Waals surface area contributed by atoms with Crippen LogP contribution in [0, 0.1) is 0 Å². The quantitative estimate of drug-likeness (QED) is 0.923. The molecule has 1 aromatic heterocycles. The Morgan fingerprint density at radius 3 is 2.44 bits per heavy atom. The third-order valence-corrected chi connectivity index (χ3v) is 2.84. The van der Waals surface area contributed by atoms with Gasteiger partial charge in [-0.15, -0.1) is 0 Å². The predicted octanol–water partition coefficient (Wildman–Crippen LogP) is 2.40. The van der Waals surface area contributed by atoms with Gasteiger partial charge in [-0.1, -0.05) is 11.6 Å². The Labute approximate surface area is 110 Å². The molecule has 0 unspecified atom stereocenters. The van der Waals surface area contributed by atoms with E-state index in [1.54, 1.807) is 25.4 Å². The van der Waals surface area contributed by atoms with Crippen LogP contribution in [-0.2, 0) is 0 Å². The first-order chi connectivity index (χ1) is 8.69. The van der Waals surface area contributed by atoms with Crippen molar-refractivity contribution in [2.24, 2.45) is 0 Å². The van der Waals surface area contributed by atoms with Gasteiger partial charge in [0, 0.05) is 18.0 Å². The minimum Gasteiger partial charge on any atom is -0.493 e. The number of halogens is 1. The van der Waals surface area contributed by atoms with E-state index in [1.807, 2.05) is 0 Å². The summed E-state index contributed by atoms with van der Waals surface area (Å²) in [5.74, 6) is 1.31. The molecule has 2 N–H and O–H groups in total. The Morgan fingerprint density at radius 1 is 1.11 bits per heavy atom. The summed E-state index contributed by atoms with van der Waals surface area (Å²) in [5.41, 5.74) is 6.95. The number of anilines is 1. The number of hydrogen-bond acceptors (Lipinski definition) is 5. The SMILES string of the molecule is COc1ccc(-c2nccnc2N)c(Cl)c1OC. The van der Waals surface area contributed by atoms with Crippen LogP contribution >= 0.6 is 11.6 Å². The van der Waals surface area contributed by atoms with Crippen LogP contribution in [0.2, 0.25) is 5.02 Å². The normalized spacial score (nSPS) is 10.2. The molecule has 0 saturated carbocycles. The monoisotopic (exact) mass is 265 g/mol. The number of nitrogen functional groups attached to an aromatic ring is 1. The second kappa shape index (κ2) is 5.10. The molecule has 0 radical (unpaired) electrons. The third kappa shape index (κ3) is 2.04. The van der Waals surface area contributed by atoms with Crippen molar-refractivity contribution in [3.05, 3.63) is 29.5 Å². The summed E-state index contributed by atoms with van der Waals surface area (Å²) in [6.07, 6.45) is 3.08. The van der Waals surface area contributed by atoms with Gasteiger partial charge in [0.15, 0.2) is 11.5 Å². The maximum atomic E-state index is 6.27. The minimum absolute atomic E-state index is 0.312. The molecule has 2 rings (SSSR count). The molecule has 94 valence electrons. The standard InChI is InChI=1S/C12H12ClN3O2/c1-17-8-4-3-7(9(13)11(8)18-2)10-12(14)16-6-5-15-10/h3-6H,1-2H3,(H2,14,16). The summed E-state index contributed by atoms with van der Waals surface area (Å²) in [7, 11) is 3.07. The predicted molar refractivity (Wildman–Crippen MR) is 70.0 cm³/mol. The van der Waals surface area contributed by atoms with Crippen LogP contribution in [0.3, 0.4) is 0 Å². The fourth-order valence-electron chi connectivity index (χ4n) is 1.63. The third-order valence-electron chi connectivity index (χ3n) is 2.47. The molecule has 0 aliphatic rings. The van der Waals surface area contributed by atoms with E-state index in [2.05, 4.69) is 9.97 Å². The largest absolute Gasteiger partial charge is 0.493 e. The second-order valence-electron chi connectivity index (χ2n) is 3.45. The summed E-state index contributed by atoms with van der Waals surface area (Å²) < 4.78 is 10.4. The van der Waals surface area contributed by atoms with E-state index in [4.69, 9.17) is 26.8 Å². The molecule has 18 heavy (non-hydrogen) atoms. The molecule has 0 amide bonds. The van der Waals surface area contributed by atoms with Gasteiger partial charge in [-0.3, -0.25) is 4.98 Å². The molecule has 2 aromatic rings. The second-order valence-corrected chi connectivity index (χ2v) is 3.83. The molecule has 0 aliphatic heterocycles. The topological polar surface area (TPSA) is 70.3 Å². The lowest BCUT2D eigenvalue weighted by atomic mass is 10.1. The molecule has 0 bridgehead atoms. The van der Waals surface area contributed by atoms with Crippen LogP contribution in [0.5, 0.6) is 11.5 Å². The van der Waals surface area contributed by atoms with Crippen LogP contribution < -0.4 is 15.2 Å². The average Bonchev–Trinajstić information content (AvgIpc) is 2.39. The van der Waals surface area contributed by atoms with Gasteiger partial charge in [0.25, 0.3) is 0 Å². The Hall–Kier alpha value is -2.01. The van der Waals surface area contributed by atoms with Crippen LogP contribution in [0.4, 0.5) is 5.82 Å². The smallest absolute Gasteiger partial charge is 0.180 e. The molecular weight excluding hydrogens is 254 g/mol. The lowest BCUT2D eigenvalue weighted by Crippen LogP contribution is -1.98. The van der Waals surface area contributed by atoms with Gasteiger partial charge in [-0.05, 0) is 12.1 Å². The number of methoxy groups -OCH3 is 2. The summed E-state index contributed by atoms with van der Waals surface area (Å²) in [6.45, 7) is 0. The van der Waals surface area contributed by atoms with E-state index in [0.29, 0.717) is 33.6 Å². The molecule has 0 fully saturated rings. The van der Waals surface area contributed by atoms with Gasteiger partial charge in [-0.25, -0.2) is 4.98 Å². The maximum absolute atomic E-state index is 6.27. The highest BCUT2D eigenvalue weighted by Crippen LogP contribution is 2.41. The van der Waals surface area contributed by atoms with Gasteiger partial charge in [0.2, 0.25) is 0 Å². The number of aromatic nitrogens is 2. The van der Waals surface area contributed by atoms with E-state index in [-0.39, 0.29) is 0 Å². The molecular formula is C12H12ClN3O2. The van der Waals surface area contributed by atoms with Crippen molar-refractivity contribution < 1.29 is 9.47 Å². The molecule has 0 spiro atoms. The fourth-order valence-corrected chi connectivity index (χ4v) is 1.95. The zero-order valence-electron chi connectivity index (χ0n) is 9.98. The summed E-state index contributed by atoms with van der Waals surface area (Å²) >= 11 is 6.27. The zero-order valence-corrected chi connectivity index (χ0v) is 10.7. The van der Waals surface area contributed by atoms with Crippen LogP contribution in [0.25, 0.3) is 11.3 Å². The summed E-state index contributed by atoms with van der Waals surface area (Å²) in [4.78, 5) is 8.15. The van der Waals surface area contributed by atoms with Gasteiger partial charge in [0.1, 0.15) is 11.5 Å². The number of nitrogens with two attached hydrogens (primary N) is 1. The van der Waals surface area contributed by atoms with Gasteiger partial charge in [0.05, 0.1) is 19.2 Å². The van der Waals surface area contributed by atoms with E-state index in [1.165, 1.54) is 13.3 Å². The number of ether oxygens (including phenoxy) is 2. The molecule has 1 heterocycles.